The summed E-state index contributed by atoms with van der Waals surface area (Å²) in [6.45, 7) is 3.68. The number of hydrogen-bond donors (Lipinski definition) is 2. The molecule has 0 aromatic heterocycles. The van der Waals surface area contributed by atoms with Crippen molar-refractivity contribution in [1.29, 1.82) is 0 Å². The molecule has 0 saturated carbocycles. The van der Waals surface area contributed by atoms with Crippen LogP contribution < -0.4 is 25.0 Å². The van der Waals surface area contributed by atoms with Crippen molar-refractivity contribution in [1.82, 2.24) is 10.7 Å². The van der Waals surface area contributed by atoms with Crippen molar-refractivity contribution in [3.05, 3.63) is 53.6 Å². The third-order valence-electron chi connectivity index (χ3n) is 4.40. The molecule has 1 unspecified atom stereocenters. The minimum Gasteiger partial charge on any atom is -0.497 e. The molecule has 0 radical (unpaired) electrons. The van der Waals surface area contributed by atoms with Gasteiger partial charge in [0, 0.05) is 11.1 Å². The van der Waals surface area contributed by atoms with E-state index in [0.29, 0.717) is 28.4 Å². The molecule has 0 heterocycles. The fourth-order valence-corrected chi connectivity index (χ4v) is 2.68. The van der Waals surface area contributed by atoms with E-state index in [2.05, 4.69) is 15.8 Å². The molecule has 1 atom stereocenters. The van der Waals surface area contributed by atoms with Gasteiger partial charge in [0.25, 0.3) is 11.8 Å². The molecule has 2 amide bonds. The van der Waals surface area contributed by atoms with Gasteiger partial charge in [0.15, 0.2) is 0 Å². The summed E-state index contributed by atoms with van der Waals surface area (Å²) >= 11 is 0. The van der Waals surface area contributed by atoms with E-state index in [9.17, 15) is 9.59 Å². The smallest absolute Gasteiger partial charge is 0.262 e. The molecule has 8 heteroatoms. The van der Waals surface area contributed by atoms with Gasteiger partial charge in [-0.1, -0.05) is 13.8 Å². The third-order valence-corrected chi connectivity index (χ3v) is 4.40. The van der Waals surface area contributed by atoms with E-state index in [1.807, 2.05) is 13.8 Å². The Balaban J connectivity index is 2.06. The zero-order valence-corrected chi connectivity index (χ0v) is 17.8. The molecule has 2 aromatic carbocycles. The average molecular weight is 413 g/mol. The Morgan fingerprint density at radius 1 is 0.933 bits per heavy atom. The summed E-state index contributed by atoms with van der Waals surface area (Å²) in [6, 6.07) is 11.1. The highest BCUT2D eigenvalue weighted by Gasteiger charge is 2.24. The van der Waals surface area contributed by atoms with Crippen molar-refractivity contribution in [3.63, 3.8) is 0 Å². The van der Waals surface area contributed by atoms with Crippen molar-refractivity contribution < 1.29 is 23.8 Å². The van der Waals surface area contributed by atoms with E-state index in [0.717, 1.165) is 0 Å². The molecule has 0 aliphatic rings. The van der Waals surface area contributed by atoms with E-state index in [1.165, 1.54) is 6.21 Å². The number of hydrogen-bond acceptors (Lipinski definition) is 6. The zero-order valence-electron chi connectivity index (χ0n) is 17.8. The van der Waals surface area contributed by atoms with Gasteiger partial charge in [-0.15, -0.1) is 0 Å². The van der Waals surface area contributed by atoms with Crippen molar-refractivity contribution in [2.45, 2.75) is 19.9 Å². The van der Waals surface area contributed by atoms with E-state index < -0.39 is 11.9 Å². The summed E-state index contributed by atoms with van der Waals surface area (Å²) in [4.78, 5) is 25.1. The second-order valence-corrected chi connectivity index (χ2v) is 6.77. The predicted octanol–water partition coefficient (Wildman–Crippen LogP) is 2.62. The summed E-state index contributed by atoms with van der Waals surface area (Å²) in [5, 5.41) is 6.75. The Bertz CT molecular complexity index is 894. The number of nitrogens with zero attached hydrogens (tertiary/aromatic N) is 1. The van der Waals surface area contributed by atoms with Gasteiger partial charge >= 0.3 is 0 Å². The second kappa shape index (κ2) is 10.8. The van der Waals surface area contributed by atoms with Crippen LogP contribution in [0, 0.1) is 5.92 Å². The number of nitrogens with one attached hydrogen (secondary N) is 2. The van der Waals surface area contributed by atoms with Gasteiger partial charge in [-0.3, -0.25) is 9.59 Å². The van der Waals surface area contributed by atoms with Crippen LogP contribution in [0.1, 0.15) is 29.8 Å². The number of benzene rings is 2. The molecule has 0 bridgehead atoms. The van der Waals surface area contributed by atoms with Crippen LogP contribution in [0.2, 0.25) is 0 Å². The topological polar surface area (TPSA) is 98.2 Å². The van der Waals surface area contributed by atoms with Gasteiger partial charge in [-0.25, -0.2) is 5.43 Å². The average Bonchev–Trinajstić information content (AvgIpc) is 2.76. The summed E-state index contributed by atoms with van der Waals surface area (Å²) in [5.74, 6) is 0.938. The van der Waals surface area contributed by atoms with Crippen LogP contribution in [0.25, 0.3) is 0 Å². The van der Waals surface area contributed by atoms with Crippen LogP contribution in [0.4, 0.5) is 0 Å². The summed E-state index contributed by atoms with van der Waals surface area (Å²) in [7, 11) is 4.65. The number of carbonyl (C=O) groups excluding carboxylic acids is 2. The number of carbonyl (C=O) groups is 2. The quantitative estimate of drug-likeness (QED) is 0.486. The van der Waals surface area contributed by atoms with Crippen molar-refractivity contribution >= 4 is 18.0 Å². The Morgan fingerprint density at radius 3 is 2.13 bits per heavy atom. The summed E-state index contributed by atoms with van der Waals surface area (Å²) in [6.07, 6.45) is 1.46. The second-order valence-electron chi connectivity index (χ2n) is 6.77. The molecular formula is C22H27N3O5. The molecular weight excluding hydrogens is 386 g/mol. The molecule has 2 aromatic rings. The maximum atomic E-state index is 12.6. The van der Waals surface area contributed by atoms with Crippen LogP contribution in [0.15, 0.2) is 47.6 Å². The monoisotopic (exact) mass is 413 g/mol. The number of amides is 2. The maximum absolute atomic E-state index is 12.6. The van der Waals surface area contributed by atoms with E-state index in [-0.39, 0.29) is 11.8 Å². The first-order chi connectivity index (χ1) is 14.4. The van der Waals surface area contributed by atoms with E-state index in [4.69, 9.17) is 14.2 Å². The lowest BCUT2D eigenvalue weighted by molar-refractivity contribution is -0.123. The lowest BCUT2D eigenvalue weighted by Gasteiger charge is -2.20. The fraction of sp³-hybridized carbons (Fsp3) is 0.318. The highest BCUT2D eigenvalue weighted by Crippen LogP contribution is 2.22. The van der Waals surface area contributed by atoms with Crippen LogP contribution in [0.5, 0.6) is 17.2 Å². The fourth-order valence-electron chi connectivity index (χ4n) is 2.68. The van der Waals surface area contributed by atoms with E-state index in [1.54, 1.807) is 63.8 Å². The molecule has 30 heavy (non-hydrogen) atoms. The van der Waals surface area contributed by atoms with Gasteiger partial charge in [-0.2, -0.15) is 5.10 Å². The first kappa shape index (κ1) is 22.7. The number of ether oxygens (including phenoxy) is 3. The molecule has 2 rings (SSSR count). The molecule has 8 nitrogen and oxygen atoms in total. The Labute approximate surface area is 176 Å². The van der Waals surface area contributed by atoms with Gasteiger partial charge in [0.05, 0.1) is 27.5 Å². The summed E-state index contributed by atoms with van der Waals surface area (Å²) in [5.41, 5.74) is 3.54. The van der Waals surface area contributed by atoms with Gasteiger partial charge in [0.2, 0.25) is 0 Å². The van der Waals surface area contributed by atoms with Crippen LogP contribution in [-0.4, -0.2) is 45.4 Å². The SMILES string of the molecule is COc1ccc(C(=O)NC(C(=O)NN=Cc2cc(OC)ccc2OC)C(C)C)cc1. The zero-order chi connectivity index (χ0) is 22.1. The molecule has 0 fully saturated rings. The van der Waals surface area contributed by atoms with Gasteiger partial charge in [0.1, 0.15) is 23.3 Å². The standard InChI is InChI=1S/C22H27N3O5/c1-14(2)20(24-21(26)15-6-8-17(28-3)9-7-15)22(27)25-23-13-16-12-18(29-4)10-11-19(16)30-5/h6-14,20H,1-5H3,(H,24,26)(H,25,27). The normalized spacial score (nSPS) is 11.8. The molecule has 0 saturated heterocycles. The Hall–Kier alpha value is -3.55. The van der Waals surface area contributed by atoms with E-state index >= 15 is 0 Å². The largest absolute Gasteiger partial charge is 0.497 e. The number of methoxy groups -OCH3 is 3. The van der Waals surface area contributed by atoms with Crippen molar-refractivity contribution in [2.75, 3.05) is 21.3 Å². The molecule has 0 aliphatic heterocycles. The van der Waals surface area contributed by atoms with Crippen LogP contribution >= 0.6 is 0 Å². The molecule has 0 aliphatic carbocycles. The first-order valence-electron chi connectivity index (χ1n) is 9.39. The number of rotatable bonds is 9. The Morgan fingerprint density at radius 2 is 1.57 bits per heavy atom. The minimum atomic E-state index is -0.760. The minimum absolute atomic E-state index is 0.145. The highest BCUT2D eigenvalue weighted by molar-refractivity contribution is 5.98. The first-order valence-corrected chi connectivity index (χ1v) is 9.39. The van der Waals surface area contributed by atoms with Crippen LogP contribution in [-0.2, 0) is 4.79 Å². The van der Waals surface area contributed by atoms with Gasteiger partial charge < -0.3 is 19.5 Å². The molecule has 0 spiro atoms. The maximum Gasteiger partial charge on any atom is 0.262 e. The van der Waals surface area contributed by atoms with Gasteiger partial charge in [-0.05, 0) is 48.4 Å². The molecule has 160 valence electrons. The van der Waals surface area contributed by atoms with Crippen molar-refractivity contribution in [3.8, 4) is 17.2 Å². The Kier molecular flexibility index (Phi) is 8.22. The predicted molar refractivity (Wildman–Crippen MR) is 114 cm³/mol. The van der Waals surface area contributed by atoms with Crippen LogP contribution in [0.3, 0.4) is 0 Å². The molecule has 2 N–H and O–H groups in total. The van der Waals surface area contributed by atoms with Crippen molar-refractivity contribution in [2.24, 2.45) is 11.0 Å². The highest BCUT2D eigenvalue weighted by atomic mass is 16.5. The lowest BCUT2D eigenvalue weighted by atomic mass is 10.0. The third kappa shape index (κ3) is 5.97. The number of hydrazone groups is 1. The summed E-state index contributed by atoms with van der Waals surface area (Å²) < 4.78 is 15.6. The lowest BCUT2D eigenvalue weighted by Crippen LogP contribution is -2.48.